The van der Waals surface area contributed by atoms with Crippen LogP contribution in [-0.4, -0.2) is 23.7 Å². The van der Waals surface area contributed by atoms with Crippen molar-refractivity contribution in [2.75, 3.05) is 13.2 Å². The Balaban J connectivity index is 1.79. The van der Waals surface area contributed by atoms with E-state index in [0.717, 1.165) is 28.8 Å². The highest BCUT2D eigenvalue weighted by Crippen LogP contribution is 2.34. The minimum absolute atomic E-state index is 0.0167. The SMILES string of the molecule is CC(C)C(NC(=O)Cn1cccc(C(F)(F)F)c1=O)c1ccc2c(c1)OCCCO2. The Morgan fingerprint density at radius 1 is 1.17 bits per heavy atom. The molecule has 3 rings (SSSR count). The molecule has 0 bridgehead atoms. The Morgan fingerprint density at radius 3 is 2.53 bits per heavy atom. The smallest absolute Gasteiger partial charge is 0.421 e. The predicted octanol–water partition coefficient (Wildman–Crippen LogP) is 3.54. The molecule has 162 valence electrons. The van der Waals surface area contributed by atoms with Crippen LogP contribution < -0.4 is 20.3 Å². The van der Waals surface area contributed by atoms with Crippen molar-refractivity contribution in [3.63, 3.8) is 0 Å². The number of carbonyl (C=O) groups excluding carboxylic acids is 1. The first-order valence-corrected chi connectivity index (χ1v) is 9.62. The lowest BCUT2D eigenvalue weighted by Gasteiger charge is -2.24. The highest BCUT2D eigenvalue weighted by molar-refractivity contribution is 5.76. The molecule has 2 heterocycles. The van der Waals surface area contributed by atoms with Crippen LogP contribution in [0.1, 0.15) is 37.4 Å². The van der Waals surface area contributed by atoms with E-state index in [9.17, 15) is 22.8 Å². The summed E-state index contributed by atoms with van der Waals surface area (Å²) in [6.07, 6.45) is -2.85. The Kier molecular flexibility index (Phi) is 6.38. The third kappa shape index (κ3) is 4.95. The number of hydrogen-bond donors (Lipinski definition) is 1. The van der Waals surface area contributed by atoms with Gasteiger partial charge in [0.15, 0.2) is 11.5 Å². The van der Waals surface area contributed by atoms with Crippen LogP contribution in [0.4, 0.5) is 13.2 Å². The van der Waals surface area contributed by atoms with E-state index in [1.165, 1.54) is 0 Å². The van der Waals surface area contributed by atoms with Gasteiger partial charge in [0, 0.05) is 12.6 Å². The average molecular weight is 424 g/mol. The second-order valence-corrected chi connectivity index (χ2v) is 7.40. The summed E-state index contributed by atoms with van der Waals surface area (Å²) in [5.74, 6) is 0.624. The number of pyridine rings is 1. The van der Waals surface area contributed by atoms with Crippen molar-refractivity contribution in [2.45, 2.75) is 39.0 Å². The van der Waals surface area contributed by atoms with Crippen LogP contribution in [0.2, 0.25) is 0 Å². The lowest BCUT2D eigenvalue weighted by molar-refractivity contribution is -0.139. The summed E-state index contributed by atoms with van der Waals surface area (Å²) >= 11 is 0. The summed E-state index contributed by atoms with van der Waals surface area (Å²) < 4.78 is 50.9. The number of hydrogen-bond acceptors (Lipinski definition) is 4. The van der Waals surface area contributed by atoms with E-state index in [1.807, 2.05) is 19.9 Å². The molecule has 0 saturated carbocycles. The molecule has 30 heavy (non-hydrogen) atoms. The van der Waals surface area contributed by atoms with Gasteiger partial charge in [0.2, 0.25) is 5.91 Å². The molecule has 0 fully saturated rings. The van der Waals surface area contributed by atoms with Crippen LogP contribution in [-0.2, 0) is 17.5 Å². The standard InChI is InChI=1S/C21H23F3N2O4/c1-13(2)19(14-6-7-16-17(11-14)30-10-4-9-29-16)25-18(27)12-26-8-3-5-15(20(26)28)21(22,23)24/h3,5-8,11,13,19H,4,9-10,12H2,1-2H3,(H,25,27). The Morgan fingerprint density at radius 2 is 1.87 bits per heavy atom. The molecule has 1 aliphatic heterocycles. The molecule has 2 aromatic rings. The van der Waals surface area contributed by atoms with Crippen LogP contribution in [0, 0.1) is 5.92 Å². The van der Waals surface area contributed by atoms with Gasteiger partial charge in [-0.2, -0.15) is 13.2 Å². The Bertz CT molecular complexity index is 969. The minimum Gasteiger partial charge on any atom is -0.490 e. The molecule has 1 unspecified atom stereocenters. The summed E-state index contributed by atoms with van der Waals surface area (Å²) in [6, 6.07) is 6.76. The summed E-state index contributed by atoms with van der Waals surface area (Å²) in [5.41, 5.74) is -1.78. The highest BCUT2D eigenvalue weighted by Gasteiger charge is 2.34. The van der Waals surface area contributed by atoms with Crippen LogP contribution in [0.25, 0.3) is 0 Å². The fourth-order valence-electron chi connectivity index (χ4n) is 3.26. The van der Waals surface area contributed by atoms with E-state index >= 15 is 0 Å². The number of nitrogens with zero attached hydrogens (tertiary/aromatic N) is 1. The fourth-order valence-corrected chi connectivity index (χ4v) is 3.26. The van der Waals surface area contributed by atoms with Gasteiger partial charge in [-0.1, -0.05) is 19.9 Å². The van der Waals surface area contributed by atoms with E-state index in [0.29, 0.717) is 30.8 Å². The summed E-state index contributed by atoms with van der Waals surface area (Å²) in [4.78, 5) is 24.6. The van der Waals surface area contributed by atoms with Crippen molar-refractivity contribution in [1.29, 1.82) is 0 Å². The molecule has 1 atom stereocenters. The number of benzene rings is 1. The second kappa shape index (κ2) is 8.81. The van der Waals surface area contributed by atoms with Crippen LogP contribution in [0.15, 0.2) is 41.3 Å². The molecule has 1 aliphatic rings. The summed E-state index contributed by atoms with van der Waals surface area (Å²) in [6.45, 7) is 4.38. The molecular formula is C21H23F3N2O4. The third-order valence-corrected chi connectivity index (χ3v) is 4.75. The van der Waals surface area contributed by atoms with Gasteiger partial charge in [0.05, 0.1) is 19.3 Å². The fraction of sp³-hybridized carbons (Fsp3) is 0.429. The van der Waals surface area contributed by atoms with E-state index in [-0.39, 0.29) is 5.92 Å². The minimum atomic E-state index is -4.78. The number of alkyl halides is 3. The Hall–Kier alpha value is -2.97. The first-order valence-electron chi connectivity index (χ1n) is 9.62. The van der Waals surface area contributed by atoms with Gasteiger partial charge in [-0.25, -0.2) is 0 Å². The number of fused-ring (bicyclic) bond motifs is 1. The molecule has 0 spiro atoms. The van der Waals surface area contributed by atoms with E-state index in [1.54, 1.807) is 12.1 Å². The molecule has 1 amide bonds. The number of halogens is 3. The number of carbonyl (C=O) groups is 1. The third-order valence-electron chi connectivity index (χ3n) is 4.75. The van der Waals surface area contributed by atoms with E-state index < -0.39 is 35.8 Å². The van der Waals surface area contributed by atoms with Crippen LogP contribution >= 0.6 is 0 Å². The topological polar surface area (TPSA) is 69.6 Å². The molecule has 0 radical (unpaired) electrons. The van der Waals surface area contributed by atoms with Crippen molar-refractivity contribution in [3.8, 4) is 11.5 Å². The second-order valence-electron chi connectivity index (χ2n) is 7.40. The zero-order chi connectivity index (χ0) is 21.9. The molecule has 1 N–H and O–H groups in total. The van der Waals surface area contributed by atoms with Crippen molar-refractivity contribution < 1.29 is 27.4 Å². The number of amides is 1. The zero-order valence-electron chi connectivity index (χ0n) is 16.7. The van der Waals surface area contributed by atoms with Gasteiger partial charge in [-0.15, -0.1) is 0 Å². The molecule has 1 aromatic heterocycles. The lowest BCUT2D eigenvalue weighted by Crippen LogP contribution is -2.37. The molecule has 1 aromatic carbocycles. The van der Waals surface area contributed by atoms with Gasteiger partial charge in [0.25, 0.3) is 5.56 Å². The van der Waals surface area contributed by atoms with Crippen molar-refractivity contribution in [2.24, 2.45) is 5.92 Å². The maximum atomic E-state index is 12.9. The lowest BCUT2D eigenvalue weighted by atomic mass is 9.95. The zero-order valence-corrected chi connectivity index (χ0v) is 16.7. The molecular weight excluding hydrogens is 401 g/mol. The van der Waals surface area contributed by atoms with Crippen molar-refractivity contribution in [3.05, 3.63) is 58.0 Å². The number of rotatable bonds is 5. The van der Waals surface area contributed by atoms with Gasteiger partial charge in [0.1, 0.15) is 12.1 Å². The largest absolute Gasteiger partial charge is 0.490 e. The molecule has 0 saturated heterocycles. The summed E-state index contributed by atoms with van der Waals surface area (Å²) in [5, 5.41) is 2.81. The quantitative estimate of drug-likeness (QED) is 0.797. The maximum Gasteiger partial charge on any atom is 0.421 e. The predicted molar refractivity (Wildman–Crippen MR) is 103 cm³/mol. The van der Waals surface area contributed by atoms with Gasteiger partial charge >= 0.3 is 6.18 Å². The molecule has 0 aliphatic carbocycles. The van der Waals surface area contributed by atoms with Crippen molar-refractivity contribution >= 4 is 5.91 Å². The maximum absolute atomic E-state index is 12.9. The van der Waals surface area contributed by atoms with Gasteiger partial charge < -0.3 is 19.4 Å². The Labute approximate surface area is 171 Å². The number of aromatic nitrogens is 1. The van der Waals surface area contributed by atoms with Crippen LogP contribution in [0.3, 0.4) is 0 Å². The average Bonchev–Trinajstić information content (AvgIpc) is 2.91. The van der Waals surface area contributed by atoms with Crippen molar-refractivity contribution in [1.82, 2.24) is 9.88 Å². The monoisotopic (exact) mass is 424 g/mol. The first kappa shape index (κ1) is 21.7. The van der Waals surface area contributed by atoms with Crippen LogP contribution in [0.5, 0.6) is 11.5 Å². The highest BCUT2D eigenvalue weighted by atomic mass is 19.4. The van der Waals surface area contributed by atoms with E-state index in [4.69, 9.17) is 9.47 Å². The van der Waals surface area contributed by atoms with E-state index in [2.05, 4.69) is 5.32 Å². The van der Waals surface area contributed by atoms with Gasteiger partial charge in [-0.3, -0.25) is 9.59 Å². The normalized spacial score (nSPS) is 14.9. The first-order chi connectivity index (χ1) is 14.2. The molecule has 9 heteroatoms. The number of ether oxygens (including phenoxy) is 2. The summed E-state index contributed by atoms with van der Waals surface area (Å²) in [7, 11) is 0. The molecule has 6 nitrogen and oxygen atoms in total. The number of nitrogens with one attached hydrogen (secondary N) is 1. The van der Waals surface area contributed by atoms with Gasteiger partial charge in [-0.05, 0) is 35.7 Å².